The molecule has 0 aliphatic carbocycles. The molecule has 0 saturated carbocycles. The van der Waals surface area contributed by atoms with E-state index in [4.69, 9.17) is 14.2 Å². The van der Waals surface area contributed by atoms with E-state index < -0.39 is 6.10 Å². The third kappa shape index (κ3) is 64.6. The summed E-state index contributed by atoms with van der Waals surface area (Å²) in [6.45, 7) is 6.49. The summed E-state index contributed by atoms with van der Waals surface area (Å²) in [6.07, 6.45) is 93.5. The predicted octanol–water partition coefficient (Wildman–Crippen LogP) is 23.2. The van der Waals surface area contributed by atoms with Gasteiger partial charge >= 0.3 is 17.9 Å². The van der Waals surface area contributed by atoms with E-state index in [1.54, 1.807) is 0 Å². The van der Waals surface area contributed by atoms with Crippen molar-refractivity contribution in [2.24, 2.45) is 0 Å². The van der Waals surface area contributed by atoms with Gasteiger partial charge in [0.1, 0.15) is 13.2 Å². The van der Waals surface area contributed by atoms with Crippen molar-refractivity contribution < 1.29 is 28.6 Å². The molecule has 6 heteroatoms. The van der Waals surface area contributed by atoms with Crippen molar-refractivity contribution in [3.8, 4) is 0 Å². The lowest BCUT2D eigenvalue weighted by Crippen LogP contribution is -2.30. The summed E-state index contributed by atoms with van der Waals surface area (Å²) >= 11 is 0. The number of rotatable bonds is 60. The lowest BCUT2D eigenvalue weighted by Gasteiger charge is -2.18. The Hall–Kier alpha value is -4.19. The van der Waals surface area contributed by atoms with E-state index in [1.807, 2.05) is 0 Å². The van der Waals surface area contributed by atoms with Crippen molar-refractivity contribution in [2.75, 3.05) is 13.2 Å². The van der Waals surface area contributed by atoms with Crippen molar-refractivity contribution in [3.05, 3.63) is 122 Å². The highest BCUT2D eigenvalue weighted by Crippen LogP contribution is 2.15. The SMILES string of the molecule is CC/C=C\C/C=C\C/C=C\C/C=C\C/C=C\C/C=C\CCCCCCC(=O)OC(COC(=O)CCCCCCC/C=C\CCCCCCC)COC(=O)CCCCCCCCCCCC/C=C\C/C=C\C/C=C\CCCCCCC. The van der Waals surface area contributed by atoms with Crippen LogP contribution in [0.4, 0.5) is 0 Å². The fourth-order valence-corrected chi connectivity index (χ4v) is 9.15. The molecule has 0 amide bonds. The highest BCUT2D eigenvalue weighted by atomic mass is 16.6. The summed E-state index contributed by atoms with van der Waals surface area (Å²) in [6, 6.07) is 0. The van der Waals surface area contributed by atoms with Gasteiger partial charge in [-0.25, -0.2) is 0 Å². The number of allylic oxidation sites excluding steroid dienone is 20. The number of unbranched alkanes of at least 4 members (excludes halogenated alkanes) is 29. The van der Waals surface area contributed by atoms with Crippen LogP contribution in [0.25, 0.3) is 0 Å². The van der Waals surface area contributed by atoms with Crippen LogP contribution in [0.5, 0.6) is 0 Å². The smallest absolute Gasteiger partial charge is 0.306 e. The van der Waals surface area contributed by atoms with Crippen LogP contribution in [0.15, 0.2) is 122 Å². The van der Waals surface area contributed by atoms with E-state index in [-0.39, 0.29) is 31.1 Å². The van der Waals surface area contributed by atoms with Gasteiger partial charge in [0.15, 0.2) is 6.10 Å². The third-order valence-corrected chi connectivity index (χ3v) is 14.2. The Labute approximate surface area is 494 Å². The number of ether oxygens (including phenoxy) is 3. The zero-order valence-electron chi connectivity index (χ0n) is 52.3. The summed E-state index contributed by atoms with van der Waals surface area (Å²) in [4.78, 5) is 38.4. The molecule has 0 heterocycles. The largest absolute Gasteiger partial charge is 0.462 e. The number of hydrogen-bond donors (Lipinski definition) is 0. The maximum atomic E-state index is 12.9. The lowest BCUT2D eigenvalue weighted by molar-refractivity contribution is -0.167. The van der Waals surface area contributed by atoms with Gasteiger partial charge in [-0.1, -0.05) is 277 Å². The Kier molecular flexibility index (Phi) is 63.8. The second kappa shape index (κ2) is 67.3. The molecule has 0 aromatic heterocycles. The monoisotopic (exact) mass is 1110 g/mol. The molecule has 0 aliphatic heterocycles. The standard InChI is InChI=1S/C74H124O6/c1-4-7-10-13-16-19-22-25-28-30-32-34-36-37-39-40-42-44-46-49-52-55-58-61-64-67-73(76)79-70-71(69-78-72(75)66-63-60-57-54-51-48-27-24-21-18-15-12-9-6-3)80-74(77)68-65-62-59-56-53-50-47-45-43-41-38-35-33-31-29-26-23-20-17-14-11-8-5-2/h8,11,17,20,22,24-27,29-30,32-33,35-37,41,43,47,50,71H,4-7,9-10,12-16,18-19,21,23,28,31,34,38-40,42,44-46,48-49,51-70H2,1-3H3/b11-8-,20-17-,25-22-,27-24-,29-26-,32-30-,35-33-,37-36-,43-41-,50-47-. The number of carbonyl (C=O) groups is 3. The van der Waals surface area contributed by atoms with Crippen LogP contribution >= 0.6 is 0 Å². The molecular formula is C74H124O6. The van der Waals surface area contributed by atoms with Crippen LogP contribution in [-0.4, -0.2) is 37.2 Å². The van der Waals surface area contributed by atoms with Crippen LogP contribution < -0.4 is 0 Å². The molecule has 1 atom stereocenters. The first kappa shape index (κ1) is 75.8. The molecule has 0 aromatic rings. The fraction of sp³-hybridized carbons (Fsp3) is 0.689. The van der Waals surface area contributed by atoms with Crippen molar-refractivity contribution >= 4 is 17.9 Å². The Morgan fingerprint density at radius 1 is 0.263 bits per heavy atom. The second-order valence-electron chi connectivity index (χ2n) is 22.0. The molecule has 0 fully saturated rings. The maximum Gasteiger partial charge on any atom is 0.306 e. The molecule has 456 valence electrons. The van der Waals surface area contributed by atoms with Gasteiger partial charge in [0.2, 0.25) is 0 Å². The Balaban J connectivity index is 4.41. The minimum Gasteiger partial charge on any atom is -0.462 e. The van der Waals surface area contributed by atoms with Gasteiger partial charge in [-0.05, 0) is 135 Å². The zero-order chi connectivity index (χ0) is 57.8. The van der Waals surface area contributed by atoms with Crippen molar-refractivity contribution in [3.63, 3.8) is 0 Å². The van der Waals surface area contributed by atoms with Crippen LogP contribution in [0.3, 0.4) is 0 Å². The third-order valence-electron chi connectivity index (χ3n) is 14.2. The Bertz CT molecular complexity index is 1650. The van der Waals surface area contributed by atoms with E-state index in [1.165, 1.54) is 141 Å². The first-order valence-electron chi connectivity index (χ1n) is 33.5. The van der Waals surface area contributed by atoms with Gasteiger partial charge in [0.25, 0.3) is 0 Å². The van der Waals surface area contributed by atoms with E-state index in [2.05, 4.69) is 142 Å². The van der Waals surface area contributed by atoms with E-state index in [0.717, 1.165) is 128 Å². The van der Waals surface area contributed by atoms with Gasteiger partial charge in [-0.3, -0.25) is 14.4 Å². The highest BCUT2D eigenvalue weighted by molar-refractivity contribution is 5.71. The molecular weight excluding hydrogens is 985 g/mol. The van der Waals surface area contributed by atoms with Gasteiger partial charge in [0, 0.05) is 19.3 Å². The summed E-state index contributed by atoms with van der Waals surface area (Å²) in [7, 11) is 0. The van der Waals surface area contributed by atoms with Gasteiger partial charge in [0.05, 0.1) is 0 Å². The lowest BCUT2D eigenvalue weighted by atomic mass is 10.1. The molecule has 0 rings (SSSR count). The molecule has 80 heavy (non-hydrogen) atoms. The second-order valence-corrected chi connectivity index (χ2v) is 22.0. The quantitative estimate of drug-likeness (QED) is 0.0261. The van der Waals surface area contributed by atoms with Crippen LogP contribution in [0, 0.1) is 0 Å². The number of esters is 3. The summed E-state index contributed by atoms with van der Waals surface area (Å²) < 4.78 is 16.9. The van der Waals surface area contributed by atoms with E-state index >= 15 is 0 Å². The molecule has 0 aliphatic rings. The van der Waals surface area contributed by atoms with Crippen LogP contribution in [0.2, 0.25) is 0 Å². The van der Waals surface area contributed by atoms with Gasteiger partial charge in [-0.2, -0.15) is 0 Å². The average Bonchev–Trinajstić information content (AvgIpc) is 3.46. The molecule has 0 saturated heterocycles. The van der Waals surface area contributed by atoms with Crippen molar-refractivity contribution in [1.29, 1.82) is 0 Å². The first-order valence-corrected chi connectivity index (χ1v) is 33.5. The topological polar surface area (TPSA) is 78.9 Å². The normalized spacial score (nSPS) is 12.9. The van der Waals surface area contributed by atoms with Gasteiger partial charge in [-0.15, -0.1) is 0 Å². The van der Waals surface area contributed by atoms with Crippen LogP contribution in [-0.2, 0) is 28.6 Å². The molecule has 0 radical (unpaired) electrons. The van der Waals surface area contributed by atoms with E-state index in [0.29, 0.717) is 19.3 Å². The molecule has 0 bridgehead atoms. The minimum atomic E-state index is -0.802. The Morgan fingerprint density at radius 3 is 0.775 bits per heavy atom. The predicted molar refractivity (Wildman–Crippen MR) is 348 cm³/mol. The summed E-state index contributed by atoms with van der Waals surface area (Å²) in [5.41, 5.74) is 0. The maximum absolute atomic E-state index is 12.9. The Morgan fingerprint density at radius 2 is 0.487 bits per heavy atom. The molecule has 0 N–H and O–H groups in total. The summed E-state index contributed by atoms with van der Waals surface area (Å²) in [5.74, 6) is -0.926. The molecule has 1 unspecified atom stereocenters. The van der Waals surface area contributed by atoms with Gasteiger partial charge < -0.3 is 14.2 Å². The minimum absolute atomic E-state index is 0.0950. The average molecular weight is 1110 g/mol. The number of carbonyl (C=O) groups excluding carboxylic acids is 3. The van der Waals surface area contributed by atoms with Crippen molar-refractivity contribution in [1.82, 2.24) is 0 Å². The molecule has 0 spiro atoms. The zero-order valence-corrected chi connectivity index (χ0v) is 52.3. The molecule has 6 nitrogen and oxygen atoms in total. The molecule has 0 aromatic carbocycles. The number of hydrogen-bond acceptors (Lipinski definition) is 6. The van der Waals surface area contributed by atoms with E-state index in [9.17, 15) is 14.4 Å². The highest BCUT2D eigenvalue weighted by Gasteiger charge is 2.19. The first-order chi connectivity index (χ1) is 39.5. The summed E-state index contributed by atoms with van der Waals surface area (Å²) in [5, 5.41) is 0. The van der Waals surface area contributed by atoms with Crippen LogP contribution in [0.1, 0.15) is 310 Å². The van der Waals surface area contributed by atoms with Crippen molar-refractivity contribution in [2.45, 2.75) is 316 Å². The fourth-order valence-electron chi connectivity index (χ4n) is 9.15.